The smallest absolute Gasteiger partial charge is 0.296 e. The molecule has 76 valence electrons. The van der Waals surface area contributed by atoms with Gasteiger partial charge in [-0.2, -0.15) is 9.78 Å². The predicted molar refractivity (Wildman–Crippen MR) is 59.3 cm³/mol. The maximum Gasteiger partial charge on any atom is 0.296 e. The van der Waals surface area contributed by atoms with Gasteiger partial charge >= 0.3 is 0 Å². The van der Waals surface area contributed by atoms with Gasteiger partial charge in [0, 0.05) is 0 Å². The summed E-state index contributed by atoms with van der Waals surface area (Å²) in [5.41, 5.74) is 5.77. The highest BCUT2D eigenvalue weighted by Crippen LogP contribution is 2.12. The average Bonchev–Trinajstić information content (AvgIpc) is 2.27. The molecule has 0 spiro atoms. The van der Waals surface area contributed by atoms with Crippen LogP contribution in [0, 0.1) is 0 Å². The van der Waals surface area contributed by atoms with Crippen LogP contribution in [0.3, 0.4) is 0 Å². The summed E-state index contributed by atoms with van der Waals surface area (Å²) in [5.74, 6) is 0. The van der Waals surface area contributed by atoms with Crippen LogP contribution < -0.4 is 11.3 Å². The fraction of sp³-hybridized carbons (Fsp3) is 0. The van der Waals surface area contributed by atoms with Gasteiger partial charge in [-0.25, -0.2) is 0 Å². The summed E-state index contributed by atoms with van der Waals surface area (Å²) >= 11 is 5.67. The third-order valence-electron chi connectivity index (χ3n) is 1.97. The van der Waals surface area contributed by atoms with Crippen molar-refractivity contribution in [1.29, 1.82) is 0 Å². The molecule has 1 heterocycles. The van der Waals surface area contributed by atoms with Crippen molar-refractivity contribution in [3.05, 3.63) is 51.9 Å². The standard InChI is InChI=1S/C10H8ClN3O/c11-8-6-13-14(10(15)9(8)12)7-4-2-1-3-5-7/h1-6H,12H2/i1+1,2+1,3+1,4+1,5+1,7+1. The third-order valence-corrected chi connectivity index (χ3v) is 2.27. The van der Waals surface area contributed by atoms with E-state index in [1.54, 1.807) is 12.1 Å². The molecule has 0 unspecified atom stereocenters. The number of para-hydroxylation sites is 1. The van der Waals surface area contributed by atoms with Crippen LogP contribution in [-0.4, -0.2) is 9.78 Å². The number of aromatic nitrogens is 2. The van der Waals surface area contributed by atoms with Crippen LogP contribution >= 0.6 is 11.6 Å². The van der Waals surface area contributed by atoms with Crippen molar-refractivity contribution >= 4 is 17.3 Å². The van der Waals surface area contributed by atoms with Gasteiger partial charge in [-0.05, 0) is 12.1 Å². The van der Waals surface area contributed by atoms with E-state index in [0.717, 1.165) is 0 Å². The monoisotopic (exact) mass is 227 g/mol. The van der Waals surface area contributed by atoms with E-state index in [9.17, 15) is 4.79 Å². The Morgan fingerprint density at radius 1 is 1.27 bits per heavy atom. The number of rotatable bonds is 1. The molecule has 0 amide bonds. The number of hydrogen-bond donors (Lipinski definition) is 1. The van der Waals surface area contributed by atoms with E-state index in [-0.39, 0.29) is 10.7 Å². The lowest BCUT2D eigenvalue weighted by molar-refractivity contribution is 0.811. The fourth-order valence-corrected chi connectivity index (χ4v) is 1.32. The summed E-state index contributed by atoms with van der Waals surface area (Å²) < 4.78 is 1.21. The van der Waals surface area contributed by atoms with Crippen molar-refractivity contribution in [2.24, 2.45) is 0 Å². The van der Waals surface area contributed by atoms with Crippen molar-refractivity contribution < 1.29 is 0 Å². The first-order valence-corrected chi connectivity index (χ1v) is 4.66. The van der Waals surface area contributed by atoms with E-state index < -0.39 is 5.56 Å². The van der Waals surface area contributed by atoms with Gasteiger partial charge in [0.25, 0.3) is 5.56 Å². The van der Waals surface area contributed by atoms with E-state index in [2.05, 4.69) is 5.10 Å². The number of nitrogens with zero attached hydrogens (tertiary/aromatic N) is 2. The minimum Gasteiger partial charge on any atom is -0.393 e. The highest BCUT2D eigenvalue weighted by atomic mass is 35.5. The molecule has 4 nitrogen and oxygen atoms in total. The Kier molecular flexibility index (Phi) is 2.43. The lowest BCUT2D eigenvalue weighted by Crippen LogP contribution is -2.23. The van der Waals surface area contributed by atoms with Gasteiger partial charge in [0.2, 0.25) is 0 Å². The molecule has 0 bridgehead atoms. The average molecular weight is 228 g/mol. The molecule has 0 fully saturated rings. The Labute approximate surface area is 90.9 Å². The molecule has 0 saturated carbocycles. The molecule has 2 aromatic rings. The normalized spacial score (nSPS) is 10.2. The van der Waals surface area contributed by atoms with E-state index in [1.165, 1.54) is 10.9 Å². The first kappa shape index (κ1) is 9.73. The van der Waals surface area contributed by atoms with Crippen LogP contribution in [0.15, 0.2) is 41.3 Å². The maximum atomic E-state index is 11.7. The molecule has 0 aliphatic rings. The Bertz CT molecular complexity index is 536. The number of nitrogen functional groups attached to an aromatic ring is 1. The molecule has 0 saturated heterocycles. The van der Waals surface area contributed by atoms with Gasteiger partial charge in [0.15, 0.2) is 0 Å². The van der Waals surface area contributed by atoms with Gasteiger partial charge in [-0.3, -0.25) is 4.79 Å². The van der Waals surface area contributed by atoms with Crippen molar-refractivity contribution in [2.75, 3.05) is 5.73 Å². The molecule has 0 aliphatic heterocycles. The summed E-state index contributed by atoms with van der Waals surface area (Å²) in [5, 5.41) is 4.07. The fourth-order valence-electron chi connectivity index (χ4n) is 1.20. The minimum absolute atomic E-state index is 0.00974. The maximum absolute atomic E-state index is 11.7. The first-order chi connectivity index (χ1) is 7.20. The molecular formula is C10H8ClN3O. The molecular weight excluding hydrogens is 220 g/mol. The summed E-state index contributed by atoms with van der Waals surface area (Å²) in [6.45, 7) is 0. The van der Waals surface area contributed by atoms with Gasteiger partial charge in [0.05, 0.1) is 16.9 Å². The summed E-state index contributed by atoms with van der Waals surface area (Å²) in [6, 6.07) is 9.01. The van der Waals surface area contributed by atoms with Crippen LogP contribution in [0.4, 0.5) is 5.69 Å². The molecule has 0 aliphatic carbocycles. The quantitative estimate of drug-likeness (QED) is 0.803. The number of hydrogen-bond acceptors (Lipinski definition) is 3. The van der Waals surface area contributed by atoms with Crippen LogP contribution in [0.25, 0.3) is 5.69 Å². The molecule has 1 aromatic carbocycles. The number of nitrogens with two attached hydrogens (primary N) is 1. The zero-order valence-electron chi connectivity index (χ0n) is 7.72. The Balaban J connectivity index is 2.66. The second kappa shape index (κ2) is 3.74. The zero-order valence-corrected chi connectivity index (χ0v) is 8.48. The lowest BCUT2D eigenvalue weighted by atomic mass is 10.5. The highest BCUT2D eigenvalue weighted by Gasteiger charge is 2.06. The SMILES string of the molecule is Nc1c(Cl)cnn(-[13c]2[13cH][13cH][13cH][13cH][13cH]2)c1=O. The van der Waals surface area contributed by atoms with Crippen molar-refractivity contribution in [1.82, 2.24) is 9.78 Å². The topological polar surface area (TPSA) is 60.9 Å². The molecule has 5 heteroatoms. The van der Waals surface area contributed by atoms with Crippen molar-refractivity contribution in [3.63, 3.8) is 0 Å². The van der Waals surface area contributed by atoms with E-state index >= 15 is 0 Å². The van der Waals surface area contributed by atoms with E-state index in [0.29, 0.717) is 5.69 Å². The Morgan fingerprint density at radius 3 is 2.60 bits per heavy atom. The number of anilines is 1. The molecule has 0 atom stereocenters. The Morgan fingerprint density at radius 2 is 1.93 bits per heavy atom. The van der Waals surface area contributed by atoms with Gasteiger partial charge in [-0.1, -0.05) is 29.8 Å². The summed E-state index contributed by atoms with van der Waals surface area (Å²) in [4.78, 5) is 11.7. The van der Waals surface area contributed by atoms with Crippen LogP contribution in [0.1, 0.15) is 0 Å². The Hall–Kier alpha value is -1.81. The van der Waals surface area contributed by atoms with Crippen molar-refractivity contribution in [3.8, 4) is 5.69 Å². The van der Waals surface area contributed by atoms with E-state index in [1.807, 2.05) is 18.2 Å². The summed E-state index contributed by atoms with van der Waals surface area (Å²) in [7, 11) is 0. The predicted octanol–water partition coefficient (Wildman–Crippen LogP) is 1.47. The minimum atomic E-state index is -0.409. The molecule has 2 N–H and O–H groups in total. The second-order valence-corrected chi connectivity index (χ2v) is 3.37. The van der Waals surface area contributed by atoms with Gasteiger partial charge < -0.3 is 5.73 Å². The van der Waals surface area contributed by atoms with E-state index in [4.69, 9.17) is 17.3 Å². The number of halogens is 1. The lowest BCUT2D eigenvalue weighted by Gasteiger charge is -2.05. The summed E-state index contributed by atoms with van der Waals surface area (Å²) in [6.07, 6.45) is 1.35. The molecule has 15 heavy (non-hydrogen) atoms. The van der Waals surface area contributed by atoms with Crippen molar-refractivity contribution in [2.45, 2.75) is 0 Å². The molecule has 2 rings (SSSR count). The largest absolute Gasteiger partial charge is 0.393 e. The van der Waals surface area contributed by atoms with Crippen LogP contribution in [0.5, 0.6) is 0 Å². The molecule has 0 radical (unpaired) electrons. The second-order valence-electron chi connectivity index (χ2n) is 2.96. The third kappa shape index (κ3) is 1.71. The highest BCUT2D eigenvalue weighted by molar-refractivity contribution is 6.32. The first-order valence-electron chi connectivity index (χ1n) is 4.29. The van der Waals surface area contributed by atoms with Gasteiger partial charge in [-0.15, -0.1) is 0 Å². The number of benzene rings is 1. The molecule has 1 aromatic heterocycles. The zero-order chi connectivity index (χ0) is 10.8. The van der Waals surface area contributed by atoms with Crippen LogP contribution in [0.2, 0.25) is 5.02 Å². The van der Waals surface area contributed by atoms with Crippen LogP contribution in [-0.2, 0) is 0 Å². The van der Waals surface area contributed by atoms with Gasteiger partial charge in [0.1, 0.15) is 5.69 Å².